The maximum atomic E-state index is 12.3. The summed E-state index contributed by atoms with van der Waals surface area (Å²) in [6.07, 6.45) is 0.772. The zero-order valence-electron chi connectivity index (χ0n) is 14.2. The number of anilines is 1. The van der Waals surface area contributed by atoms with E-state index in [-0.39, 0.29) is 6.10 Å². The minimum Gasteiger partial charge on any atom is -0.393 e. The van der Waals surface area contributed by atoms with Gasteiger partial charge in [0.2, 0.25) is 0 Å². The number of rotatable bonds is 1. The molecule has 3 rings (SSSR count). The Hall–Kier alpha value is -0.860. The lowest BCUT2D eigenvalue weighted by Gasteiger charge is -2.32. The average Bonchev–Trinajstić information content (AvgIpc) is 3.03. The third-order valence-corrected chi connectivity index (χ3v) is 5.49. The Labute approximate surface area is 145 Å². The molecule has 0 saturated carbocycles. The molecule has 2 atom stereocenters. The molecule has 8 heteroatoms. The molecule has 2 unspecified atom stereocenters. The molecule has 2 aliphatic heterocycles. The zero-order chi connectivity index (χ0) is 17.7. The van der Waals surface area contributed by atoms with Gasteiger partial charge in [0.15, 0.2) is 10.8 Å². The molecule has 2 aliphatic rings. The predicted octanol–water partition coefficient (Wildman–Crippen LogP) is 3.61. The average molecular weight is 365 g/mol. The molecule has 0 amide bonds. The van der Waals surface area contributed by atoms with Gasteiger partial charge in [-0.25, -0.2) is 4.98 Å². The molecule has 3 heterocycles. The summed E-state index contributed by atoms with van der Waals surface area (Å²) in [4.78, 5) is 7.84. The van der Waals surface area contributed by atoms with E-state index in [1.165, 1.54) is 0 Å². The lowest BCUT2D eigenvalue weighted by molar-refractivity contribution is -0.140. The summed E-state index contributed by atoms with van der Waals surface area (Å²) < 4.78 is 36.9. The van der Waals surface area contributed by atoms with Gasteiger partial charge in [-0.3, -0.25) is 0 Å². The van der Waals surface area contributed by atoms with Gasteiger partial charge in [0, 0.05) is 31.1 Å². The third-order valence-electron chi connectivity index (χ3n) is 4.59. The Kier molecular flexibility index (Phi) is 6.88. The Morgan fingerprint density at radius 3 is 2.38 bits per heavy atom. The van der Waals surface area contributed by atoms with Crippen LogP contribution in [-0.2, 0) is 6.18 Å². The number of aromatic nitrogens is 1. The fraction of sp³-hybridized carbons (Fsp3) is 0.812. The largest absolute Gasteiger partial charge is 0.434 e. The van der Waals surface area contributed by atoms with E-state index in [4.69, 9.17) is 0 Å². The molecule has 1 aromatic heterocycles. The van der Waals surface area contributed by atoms with Crippen molar-refractivity contribution < 1.29 is 18.3 Å². The van der Waals surface area contributed by atoms with E-state index in [9.17, 15) is 18.3 Å². The smallest absolute Gasteiger partial charge is 0.393 e. The highest BCUT2D eigenvalue weighted by Gasteiger charge is 2.34. The molecular formula is C16H26F3N3OS. The second kappa shape index (κ2) is 8.49. The van der Waals surface area contributed by atoms with Crippen LogP contribution in [0.1, 0.15) is 44.7 Å². The molecule has 24 heavy (non-hydrogen) atoms. The number of hydrogen-bond donors (Lipinski definition) is 1. The molecule has 138 valence electrons. The summed E-state index contributed by atoms with van der Waals surface area (Å²) in [5.74, 6) is 0. The van der Waals surface area contributed by atoms with Crippen LogP contribution in [0.4, 0.5) is 18.3 Å². The summed E-state index contributed by atoms with van der Waals surface area (Å²) in [6.45, 7) is 4.85. The van der Waals surface area contributed by atoms with E-state index >= 15 is 0 Å². The summed E-state index contributed by atoms with van der Waals surface area (Å²) in [5.41, 5.74) is -0.770. The number of likely N-dealkylation sites (tertiary alicyclic amines) is 1. The number of piperidine rings is 2. The number of thiazole rings is 1. The minimum atomic E-state index is -4.31. The van der Waals surface area contributed by atoms with Crippen LogP contribution >= 0.6 is 11.3 Å². The maximum Gasteiger partial charge on any atom is 0.434 e. The summed E-state index contributed by atoms with van der Waals surface area (Å²) >= 11 is 1.08. The van der Waals surface area contributed by atoms with Crippen molar-refractivity contribution in [2.24, 2.45) is 0 Å². The molecule has 2 fully saturated rings. The van der Waals surface area contributed by atoms with Gasteiger partial charge in [0.1, 0.15) is 0 Å². The second-order valence-corrected chi connectivity index (χ2v) is 7.41. The quantitative estimate of drug-likeness (QED) is 0.825. The number of aliphatic hydroxyl groups is 1. The monoisotopic (exact) mass is 365 g/mol. The fourth-order valence-corrected chi connectivity index (χ4v) is 3.78. The van der Waals surface area contributed by atoms with Crippen LogP contribution in [0.3, 0.4) is 0 Å². The van der Waals surface area contributed by atoms with Gasteiger partial charge in [0.25, 0.3) is 0 Å². The minimum absolute atomic E-state index is 0.0452. The molecule has 0 aromatic carbocycles. The van der Waals surface area contributed by atoms with Crippen molar-refractivity contribution in [2.75, 3.05) is 31.6 Å². The van der Waals surface area contributed by atoms with Crippen molar-refractivity contribution in [3.05, 3.63) is 11.1 Å². The van der Waals surface area contributed by atoms with Crippen LogP contribution in [0.15, 0.2) is 5.38 Å². The number of aliphatic hydroxyl groups excluding tert-OH is 1. The van der Waals surface area contributed by atoms with E-state index in [1.54, 1.807) is 0 Å². The first kappa shape index (κ1) is 19.5. The van der Waals surface area contributed by atoms with Crippen LogP contribution in [-0.4, -0.2) is 53.8 Å². The predicted molar refractivity (Wildman–Crippen MR) is 90.5 cm³/mol. The van der Waals surface area contributed by atoms with Crippen molar-refractivity contribution in [1.82, 2.24) is 9.88 Å². The molecule has 4 nitrogen and oxygen atoms in total. The molecule has 1 N–H and O–H groups in total. The molecule has 0 radical (unpaired) electrons. The van der Waals surface area contributed by atoms with Crippen molar-refractivity contribution in [2.45, 2.75) is 57.3 Å². The first-order chi connectivity index (χ1) is 11.3. The number of hydrogen-bond acceptors (Lipinski definition) is 5. The number of halogens is 3. The Morgan fingerprint density at radius 2 is 1.88 bits per heavy atom. The Morgan fingerprint density at radius 1 is 1.21 bits per heavy atom. The highest BCUT2D eigenvalue weighted by atomic mass is 32.1. The van der Waals surface area contributed by atoms with E-state index < -0.39 is 11.9 Å². The highest BCUT2D eigenvalue weighted by molar-refractivity contribution is 7.13. The van der Waals surface area contributed by atoms with Crippen LogP contribution in [0.2, 0.25) is 0 Å². The Bertz CT molecular complexity index is 503. The van der Waals surface area contributed by atoms with Crippen LogP contribution < -0.4 is 4.90 Å². The number of alkyl halides is 3. The SMILES string of the molecule is CC1CC(O)CCN1C.FC(F)(F)c1csc(N2CCCCC2)n1. The van der Waals surface area contributed by atoms with E-state index in [1.807, 2.05) is 4.90 Å². The van der Waals surface area contributed by atoms with Crippen LogP contribution in [0, 0.1) is 0 Å². The molecule has 0 spiro atoms. The third kappa shape index (κ3) is 5.60. The van der Waals surface area contributed by atoms with Gasteiger partial charge in [0.05, 0.1) is 6.10 Å². The lowest BCUT2D eigenvalue weighted by atomic mass is 10.0. The molecule has 0 aliphatic carbocycles. The first-order valence-electron chi connectivity index (χ1n) is 8.43. The lowest BCUT2D eigenvalue weighted by Crippen LogP contribution is -2.39. The van der Waals surface area contributed by atoms with Crippen molar-refractivity contribution in [3.63, 3.8) is 0 Å². The van der Waals surface area contributed by atoms with Gasteiger partial charge < -0.3 is 14.9 Å². The van der Waals surface area contributed by atoms with E-state index in [0.717, 1.165) is 68.5 Å². The van der Waals surface area contributed by atoms with Crippen LogP contribution in [0.25, 0.3) is 0 Å². The van der Waals surface area contributed by atoms with Gasteiger partial charge in [-0.1, -0.05) is 0 Å². The van der Waals surface area contributed by atoms with Crippen LogP contribution in [0.5, 0.6) is 0 Å². The Balaban J connectivity index is 0.000000198. The van der Waals surface area contributed by atoms with Crippen molar-refractivity contribution in [1.29, 1.82) is 0 Å². The summed E-state index contributed by atoms with van der Waals surface area (Å²) in [7, 11) is 2.11. The van der Waals surface area contributed by atoms with Gasteiger partial charge >= 0.3 is 6.18 Å². The van der Waals surface area contributed by atoms with E-state index in [2.05, 4.69) is 23.9 Å². The number of nitrogens with zero attached hydrogens (tertiary/aromatic N) is 3. The maximum absolute atomic E-state index is 12.3. The van der Waals surface area contributed by atoms with E-state index in [0.29, 0.717) is 11.2 Å². The van der Waals surface area contributed by atoms with Gasteiger partial charge in [-0.2, -0.15) is 13.2 Å². The summed E-state index contributed by atoms with van der Waals surface area (Å²) in [5, 5.41) is 10.8. The molecule has 2 saturated heterocycles. The van der Waals surface area contributed by atoms with Crippen molar-refractivity contribution >= 4 is 16.5 Å². The molecular weight excluding hydrogens is 339 g/mol. The topological polar surface area (TPSA) is 39.6 Å². The standard InChI is InChI=1S/C9H11F3N2S.C7H15NO/c10-9(11,12)7-6-15-8(13-7)14-4-2-1-3-5-14;1-6-5-7(9)3-4-8(6)2/h6H,1-5H2;6-7,9H,3-5H2,1-2H3. The molecule has 0 bridgehead atoms. The first-order valence-corrected chi connectivity index (χ1v) is 9.31. The normalized spacial score (nSPS) is 26.0. The van der Waals surface area contributed by atoms with Crippen molar-refractivity contribution in [3.8, 4) is 0 Å². The molecule has 1 aromatic rings. The second-order valence-electron chi connectivity index (χ2n) is 6.57. The van der Waals surface area contributed by atoms with Gasteiger partial charge in [-0.05, 0) is 46.1 Å². The highest BCUT2D eigenvalue weighted by Crippen LogP contribution is 2.33. The summed E-state index contributed by atoms with van der Waals surface area (Å²) in [6, 6.07) is 0.564. The fourth-order valence-electron chi connectivity index (χ4n) is 2.89. The van der Waals surface area contributed by atoms with Gasteiger partial charge in [-0.15, -0.1) is 11.3 Å². The zero-order valence-corrected chi connectivity index (χ0v) is 15.0.